The molecule has 1 N–H and O–H groups in total. The molecule has 4 rings (SSSR count). The van der Waals surface area contributed by atoms with Crippen molar-refractivity contribution < 1.29 is 9.53 Å². The van der Waals surface area contributed by atoms with E-state index in [1.807, 2.05) is 53.4 Å². The second-order valence-electron chi connectivity index (χ2n) is 10.4. The highest BCUT2D eigenvalue weighted by Gasteiger charge is 2.30. The van der Waals surface area contributed by atoms with Crippen LogP contribution in [0.2, 0.25) is 0 Å². The third kappa shape index (κ3) is 6.14. The number of carbonyl (C=O) groups excluding carboxylic acids is 1. The SMILES string of the molecule is CCC(c1nc2ccccc2c(=O)n1-c1ccc(OC)cc1)N(CCC(C)C)C(=O)NC1CCCCC1. The first kappa shape index (κ1) is 26.7. The zero-order chi connectivity index (χ0) is 26.4. The third-order valence-electron chi connectivity index (χ3n) is 7.33. The highest BCUT2D eigenvalue weighted by atomic mass is 16.5. The van der Waals surface area contributed by atoms with E-state index in [1.54, 1.807) is 11.7 Å². The molecule has 0 spiro atoms. The average Bonchev–Trinajstić information content (AvgIpc) is 2.91. The van der Waals surface area contributed by atoms with Crippen LogP contribution in [0.4, 0.5) is 4.79 Å². The Hall–Kier alpha value is -3.35. The molecule has 37 heavy (non-hydrogen) atoms. The van der Waals surface area contributed by atoms with Gasteiger partial charge in [-0.1, -0.05) is 52.2 Å². The van der Waals surface area contributed by atoms with Gasteiger partial charge in [0.25, 0.3) is 5.56 Å². The van der Waals surface area contributed by atoms with Gasteiger partial charge < -0.3 is 15.0 Å². The largest absolute Gasteiger partial charge is 0.497 e. The van der Waals surface area contributed by atoms with Crippen LogP contribution in [-0.4, -0.2) is 40.2 Å². The van der Waals surface area contributed by atoms with Crippen molar-refractivity contribution in [3.63, 3.8) is 0 Å². The lowest BCUT2D eigenvalue weighted by atomic mass is 9.95. The van der Waals surface area contributed by atoms with Gasteiger partial charge in [-0.05, 0) is 68.0 Å². The highest BCUT2D eigenvalue weighted by molar-refractivity contribution is 5.78. The van der Waals surface area contributed by atoms with E-state index in [1.165, 1.54) is 6.42 Å². The van der Waals surface area contributed by atoms with Crippen LogP contribution in [0.5, 0.6) is 5.75 Å². The van der Waals surface area contributed by atoms with E-state index in [0.717, 1.165) is 32.1 Å². The van der Waals surface area contributed by atoms with Gasteiger partial charge in [0.05, 0.1) is 29.7 Å². The number of urea groups is 1. The van der Waals surface area contributed by atoms with Crippen LogP contribution < -0.4 is 15.6 Å². The molecule has 2 amide bonds. The lowest BCUT2D eigenvalue weighted by Crippen LogP contribution is -2.48. The fraction of sp³-hybridized carbons (Fsp3) is 0.500. The minimum Gasteiger partial charge on any atom is -0.497 e. The van der Waals surface area contributed by atoms with Crippen molar-refractivity contribution in [3.05, 3.63) is 64.7 Å². The Labute approximate surface area is 219 Å². The zero-order valence-electron chi connectivity index (χ0n) is 22.6. The maximum Gasteiger partial charge on any atom is 0.318 e. The lowest BCUT2D eigenvalue weighted by Gasteiger charge is -2.35. The summed E-state index contributed by atoms with van der Waals surface area (Å²) in [7, 11) is 1.62. The van der Waals surface area contributed by atoms with Crippen molar-refractivity contribution in [1.82, 2.24) is 19.8 Å². The van der Waals surface area contributed by atoms with Gasteiger partial charge in [0, 0.05) is 12.6 Å². The van der Waals surface area contributed by atoms with Crippen LogP contribution in [0, 0.1) is 5.92 Å². The van der Waals surface area contributed by atoms with Crippen molar-refractivity contribution in [1.29, 1.82) is 0 Å². The van der Waals surface area contributed by atoms with E-state index in [0.29, 0.717) is 47.0 Å². The van der Waals surface area contributed by atoms with Crippen LogP contribution in [0.1, 0.15) is 77.6 Å². The second-order valence-corrected chi connectivity index (χ2v) is 10.4. The number of carbonyl (C=O) groups is 1. The molecule has 7 heteroatoms. The molecular weight excluding hydrogens is 464 g/mol. The molecular formula is C30H40N4O3. The molecule has 7 nitrogen and oxygen atoms in total. The Morgan fingerprint density at radius 1 is 1.11 bits per heavy atom. The topological polar surface area (TPSA) is 76.5 Å². The summed E-state index contributed by atoms with van der Waals surface area (Å²) in [5, 5.41) is 3.86. The minimum absolute atomic E-state index is 0.0666. The summed E-state index contributed by atoms with van der Waals surface area (Å²) in [6, 6.07) is 14.6. The van der Waals surface area contributed by atoms with E-state index < -0.39 is 0 Å². The van der Waals surface area contributed by atoms with Gasteiger partial charge in [-0.15, -0.1) is 0 Å². The molecule has 1 saturated carbocycles. The number of rotatable bonds is 9. The molecule has 2 aromatic carbocycles. The van der Waals surface area contributed by atoms with E-state index in [9.17, 15) is 9.59 Å². The van der Waals surface area contributed by atoms with Gasteiger partial charge in [-0.2, -0.15) is 0 Å². The summed E-state index contributed by atoms with van der Waals surface area (Å²) < 4.78 is 7.01. The predicted molar refractivity (Wildman–Crippen MR) is 148 cm³/mol. The third-order valence-corrected chi connectivity index (χ3v) is 7.33. The van der Waals surface area contributed by atoms with Crippen LogP contribution in [0.3, 0.4) is 0 Å². The molecule has 1 heterocycles. The first-order valence-electron chi connectivity index (χ1n) is 13.7. The summed E-state index contributed by atoms with van der Waals surface area (Å²) >= 11 is 0. The molecule has 0 bridgehead atoms. The Balaban J connectivity index is 1.82. The van der Waals surface area contributed by atoms with E-state index >= 15 is 0 Å². The van der Waals surface area contributed by atoms with Crippen molar-refractivity contribution in [3.8, 4) is 11.4 Å². The van der Waals surface area contributed by atoms with Gasteiger partial charge in [0.15, 0.2) is 0 Å². The maximum absolute atomic E-state index is 13.9. The number of benzene rings is 2. The van der Waals surface area contributed by atoms with Gasteiger partial charge >= 0.3 is 6.03 Å². The van der Waals surface area contributed by atoms with Gasteiger partial charge in [-0.3, -0.25) is 9.36 Å². The molecule has 1 aliphatic rings. The zero-order valence-corrected chi connectivity index (χ0v) is 22.6. The Morgan fingerprint density at radius 3 is 2.46 bits per heavy atom. The summed E-state index contributed by atoms with van der Waals surface area (Å²) in [6.07, 6.45) is 7.08. The second kappa shape index (κ2) is 12.3. The number of fused-ring (bicyclic) bond motifs is 1. The normalized spacial score (nSPS) is 15.1. The number of amides is 2. The molecule has 3 aromatic rings. The van der Waals surface area contributed by atoms with Crippen LogP contribution in [0.15, 0.2) is 53.3 Å². The maximum atomic E-state index is 13.9. The van der Waals surface area contributed by atoms with Crippen molar-refractivity contribution >= 4 is 16.9 Å². The molecule has 0 aliphatic heterocycles. The average molecular weight is 505 g/mol. The van der Waals surface area contributed by atoms with E-state index in [-0.39, 0.29) is 23.7 Å². The molecule has 1 atom stereocenters. The number of hydrogen-bond donors (Lipinski definition) is 1. The Bertz CT molecular complexity index is 1250. The summed E-state index contributed by atoms with van der Waals surface area (Å²) in [5.41, 5.74) is 1.21. The first-order valence-corrected chi connectivity index (χ1v) is 13.7. The van der Waals surface area contributed by atoms with Crippen LogP contribution in [0.25, 0.3) is 16.6 Å². The standard InChI is InChI=1S/C30H40N4O3/c1-5-27(33(20-19-21(2)3)30(36)31-22-11-7-6-8-12-22)28-32-26-14-10-9-13-25(26)29(35)34(28)23-15-17-24(37-4)18-16-23/h9-10,13-18,21-22,27H,5-8,11-12,19-20H2,1-4H3,(H,31,36). The number of nitrogens with one attached hydrogen (secondary N) is 1. The van der Waals surface area contributed by atoms with E-state index in [4.69, 9.17) is 9.72 Å². The number of aromatic nitrogens is 2. The van der Waals surface area contributed by atoms with Crippen LogP contribution >= 0.6 is 0 Å². The van der Waals surface area contributed by atoms with Crippen molar-refractivity contribution in [2.45, 2.75) is 77.8 Å². The number of para-hydroxylation sites is 1. The number of ether oxygens (including phenoxy) is 1. The van der Waals surface area contributed by atoms with Gasteiger partial charge in [0.2, 0.25) is 0 Å². The predicted octanol–water partition coefficient (Wildman–Crippen LogP) is 6.24. The van der Waals surface area contributed by atoms with E-state index in [2.05, 4.69) is 26.1 Å². The molecule has 0 saturated heterocycles. The fourth-order valence-corrected chi connectivity index (χ4v) is 5.20. The van der Waals surface area contributed by atoms with Crippen molar-refractivity contribution in [2.75, 3.05) is 13.7 Å². The van der Waals surface area contributed by atoms with Gasteiger partial charge in [0.1, 0.15) is 11.6 Å². The smallest absolute Gasteiger partial charge is 0.318 e. The van der Waals surface area contributed by atoms with Gasteiger partial charge in [-0.25, -0.2) is 9.78 Å². The Morgan fingerprint density at radius 2 is 1.81 bits per heavy atom. The number of nitrogens with zero attached hydrogens (tertiary/aromatic N) is 3. The molecule has 1 fully saturated rings. The highest BCUT2D eigenvalue weighted by Crippen LogP contribution is 2.28. The molecule has 198 valence electrons. The number of methoxy groups -OCH3 is 1. The first-order chi connectivity index (χ1) is 17.9. The molecule has 1 aromatic heterocycles. The Kier molecular flexibility index (Phi) is 8.85. The summed E-state index contributed by atoms with van der Waals surface area (Å²) in [6.45, 7) is 6.99. The summed E-state index contributed by atoms with van der Waals surface area (Å²) in [4.78, 5) is 34.6. The molecule has 1 unspecified atom stereocenters. The fourth-order valence-electron chi connectivity index (χ4n) is 5.20. The monoisotopic (exact) mass is 504 g/mol. The quantitative estimate of drug-likeness (QED) is 0.374. The van der Waals surface area contributed by atoms with Crippen molar-refractivity contribution in [2.24, 2.45) is 5.92 Å². The lowest BCUT2D eigenvalue weighted by molar-refractivity contribution is 0.157. The number of hydrogen-bond acceptors (Lipinski definition) is 4. The molecule has 0 radical (unpaired) electrons. The summed E-state index contributed by atoms with van der Waals surface area (Å²) in [5.74, 6) is 1.74. The van der Waals surface area contributed by atoms with Crippen LogP contribution in [-0.2, 0) is 0 Å². The minimum atomic E-state index is -0.359. The molecule has 1 aliphatic carbocycles.